The summed E-state index contributed by atoms with van der Waals surface area (Å²) in [5, 5.41) is 2.87. The Morgan fingerprint density at radius 1 is 0.944 bits per heavy atom. The monoisotopic (exact) mass is 481 g/mol. The molecular formula is C27H23N5O4. The average Bonchev–Trinajstić information content (AvgIpc) is 3.43. The molecule has 0 bridgehead atoms. The summed E-state index contributed by atoms with van der Waals surface area (Å²) in [6.07, 6.45) is 5.19. The van der Waals surface area contributed by atoms with Crippen molar-refractivity contribution in [1.29, 1.82) is 0 Å². The second-order valence-electron chi connectivity index (χ2n) is 8.18. The second kappa shape index (κ2) is 9.46. The highest BCUT2D eigenvalue weighted by molar-refractivity contribution is 6.34. The molecule has 0 atom stereocenters. The first-order valence-corrected chi connectivity index (χ1v) is 11.5. The zero-order valence-corrected chi connectivity index (χ0v) is 19.8. The van der Waals surface area contributed by atoms with Crippen molar-refractivity contribution >= 4 is 23.4 Å². The van der Waals surface area contributed by atoms with E-state index in [9.17, 15) is 14.4 Å². The van der Waals surface area contributed by atoms with Gasteiger partial charge < -0.3 is 10.1 Å². The van der Waals surface area contributed by atoms with Crippen LogP contribution in [0.4, 0.5) is 5.69 Å². The van der Waals surface area contributed by atoms with Gasteiger partial charge in [-0.15, -0.1) is 0 Å². The Morgan fingerprint density at radius 3 is 2.44 bits per heavy atom. The van der Waals surface area contributed by atoms with Crippen molar-refractivity contribution in [3.05, 3.63) is 101 Å². The Kier molecular flexibility index (Phi) is 6.03. The fourth-order valence-electron chi connectivity index (χ4n) is 4.08. The number of ether oxygens (including phenoxy) is 1. The fourth-order valence-corrected chi connectivity index (χ4v) is 4.08. The van der Waals surface area contributed by atoms with Gasteiger partial charge >= 0.3 is 0 Å². The number of rotatable bonds is 7. The van der Waals surface area contributed by atoms with E-state index < -0.39 is 11.8 Å². The molecule has 0 saturated carbocycles. The lowest BCUT2D eigenvalue weighted by Crippen LogP contribution is -2.29. The predicted molar refractivity (Wildman–Crippen MR) is 132 cm³/mol. The van der Waals surface area contributed by atoms with Crippen molar-refractivity contribution < 1.29 is 19.1 Å². The number of fused-ring (bicyclic) bond motifs is 1. The number of imide groups is 1. The molecule has 4 aromatic rings. The van der Waals surface area contributed by atoms with E-state index in [4.69, 9.17) is 4.74 Å². The summed E-state index contributed by atoms with van der Waals surface area (Å²) in [5.41, 5.74) is 2.05. The van der Waals surface area contributed by atoms with Crippen molar-refractivity contribution in [2.45, 2.75) is 20.4 Å². The molecule has 1 N–H and O–H groups in total. The lowest BCUT2D eigenvalue weighted by Gasteiger charge is -2.14. The highest BCUT2D eigenvalue weighted by Gasteiger charge is 2.37. The third-order valence-corrected chi connectivity index (χ3v) is 5.89. The summed E-state index contributed by atoms with van der Waals surface area (Å²) >= 11 is 0. The lowest BCUT2D eigenvalue weighted by molar-refractivity contribution is 0.0923. The quantitative estimate of drug-likeness (QED) is 0.404. The van der Waals surface area contributed by atoms with E-state index >= 15 is 0 Å². The summed E-state index contributed by atoms with van der Waals surface area (Å²) < 4.78 is 7.28. The highest BCUT2D eigenvalue weighted by Crippen LogP contribution is 2.30. The predicted octanol–water partition coefficient (Wildman–Crippen LogP) is 3.71. The Labute approximate surface area is 207 Å². The maximum absolute atomic E-state index is 13.1. The van der Waals surface area contributed by atoms with E-state index in [0.717, 1.165) is 16.3 Å². The van der Waals surface area contributed by atoms with Gasteiger partial charge in [0.25, 0.3) is 17.7 Å². The smallest absolute Gasteiger partial charge is 0.266 e. The number of aromatic nitrogens is 3. The first-order chi connectivity index (χ1) is 17.5. The molecule has 2 aromatic heterocycles. The van der Waals surface area contributed by atoms with Crippen LogP contribution in [0.5, 0.6) is 5.75 Å². The molecule has 0 spiro atoms. The van der Waals surface area contributed by atoms with Crippen LogP contribution in [-0.2, 0) is 6.54 Å². The van der Waals surface area contributed by atoms with Crippen LogP contribution >= 0.6 is 0 Å². The minimum absolute atomic E-state index is 0.198. The number of hydrogen-bond acceptors (Lipinski definition) is 6. The number of anilines is 1. The number of amides is 3. The van der Waals surface area contributed by atoms with Crippen LogP contribution in [0.3, 0.4) is 0 Å². The lowest BCUT2D eigenvalue weighted by atomic mass is 10.1. The molecule has 0 aliphatic carbocycles. The van der Waals surface area contributed by atoms with Gasteiger partial charge in [0.05, 0.1) is 23.4 Å². The standard InChI is InChI=1S/C27H23N5O4/c1-3-36-21-7-5-20(6-8-21)32-26(34)22-9-4-19(15-23(22)27(32)35)25(33)30-16-18-10-11-29-24(14-18)31-13-12-28-17(31)2/h4-15H,3,16H2,1-2H3,(H,30,33). The Morgan fingerprint density at radius 2 is 1.72 bits per heavy atom. The third-order valence-electron chi connectivity index (χ3n) is 5.89. The van der Waals surface area contributed by atoms with Gasteiger partial charge in [0.2, 0.25) is 0 Å². The highest BCUT2D eigenvalue weighted by atomic mass is 16.5. The van der Waals surface area contributed by atoms with E-state index in [1.807, 2.05) is 36.7 Å². The van der Waals surface area contributed by atoms with Crippen LogP contribution in [0.25, 0.3) is 5.82 Å². The molecule has 3 amide bonds. The maximum Gasteiger partial charge on any atom is 0.266 e. The number of nitrogens with zero attached hydrogens (tertiary/aromatic N) is 4. The van der Waals surface area contributed by atoms with Gasteiger partial charge in [-0.3, -0.25) is 19.0 Å². The number of benzene rings is 2. The van der Waals surface area contributed by atoms with Crippen LogP contribution in [0, 0.1) is 6.92 Å². The van der Waals surface area contributed by atoms with E-state index in [1.54, 1.807) is 42.7 Å². The molecule has 3 heterocycles. The van der Waals surface area contributed by atoms with Crippen LogP contribution in [-0.4, -0.2) is 38.9 Å². The minimum Gasteiger partial charge on any atom is -0.494 e. The van der Waals surface area contributed by atoms with Crippen molar-refractivity contribution in [2.24, 2.45) is 0 Å². The molecule has 1 aliphatic rings. The largest absolute Gasteiger partial charge is 0.494 e. The number of carbonyl (C=O) groups excluding carboxylic acids is 3. The molecule has 2 aromatic carbocycles. The van der Waals surface area contributed by atoms with Crippen LogP contribution in [0.2, 0.25) is 0 Å². The van der Waals surface area contributed by atoms with Gasteiger partial charge in [0.15, 0.2) is 0 Å². The SMILES string of the molecule is CCOc1ccc(N2C(=O)c3ccc(C(=O)NCc4ccnc(-n5ccnc5C)c4)cc3C2=O)cc1. The maximum atomic E-state index is 13.1. The topological polar surface area (TPSA) is 106 Å². The molecular weight excluding hydrogens is 458 g/mol. The van der Waals surface area contributed by atoms with Crippen molar-refractivity contribution in [3.8, 4) is 11.6 Å². The molecule has 0 unspecified atom stereocenters. The number of hydrogen-bond donors (Lipinski definition) is 1. The van der Waals surface area contributed by atoms with Crippen molar-refractivity contribution in [1.82, 2.24) is 19.9 Å². The number of carbonyl (C=O) groups is 3. The van der Waals surface area contributed by atoms with Gasteiger partial charge in [0.1, 0.15) is 17.4 Å². The summed E-state index contributed by atoms with van der Waals surface area (Å²) in [5.74, 6) is 0.912. The van der Waals surface area contributed by atoms with E-state index in [-0.39, 0.29) is 23.6 Å². The molecule has 9 nitrogen and oxygen atoms in total. The molecule has 0 radical (unpaired) electrons. The normalized spacial score (nSPS) is 12.6. The zero-order chi connectivity index (χ0) is 25.2. The van der Waals surface area contributed by atoms with Gasteiger partial charge in [-0.1, -0.05) is 0 Å². The fraction of sp³-hybridized carbons (Fsp3) is 0.148. The minimum atomic E-state index is -0.469. The van der Waals surface area contributed by atoms with Gasteiger partial charge in [-0.05, 0) is 74.0 Å². The van der Waals surface area contributed by atoms with E-state index in [0.29, 0.717) is 29.4 Å². The van der Waals surface area contributed by atoms with E-state index in [2.05, 4.69) is 15.3 Å². The zero-order valence-electron chi connectivity index (χ0n) is 19.8. The summed E-state index contributed by atoms with van der Waals surface area (Å²) in [7, 11) is 0. The molecule has 180 valence electrons. The first kappa shape index (κ1) is 23.0. The molecule has 0 saturated heterocycles. The third kappa shape index (κ3) is 4.22. The van der Waals surface area contributed by atoms with Crippen LogP contribution in [0.15, 0.2) is 73.2 Å². The van der Waals surface area contributed by atoms with E-state index in [1.165, 1.54) is 12.1 Å². The molecule has 0 fully saturated rings. The van der Waals surface area contributed by atoms with Crippen molar-refractivity contribution in [3.63, 3.8) is 0 Å². The summed E-state index contributed by atoms with van der Waals surface area (Å²) in [4.78, 5) is 48.5. The Balaban J connectivity index is 1.31. The van der Waals surface area contributed by atoms with Gasteiger partial charge in [-0.25, -0.2) is 14.9 Å². The Bertz CT molecular complexity index is 1480. The molecule has 36 heavy (non-hydrogen) atoms. The first-order valence-electron chi connectivity index (χ1n) is 11.5. The molecule has 1 aliphatic heterocycles. The number of nitrogens with one attached hydrogen (secondary N) is 1. The average molecular weight is 482 g/mol. The molecule has 9 heteroatoms. The van der Waals surface area contributed by atoms with Crippen LogP contribution in [0.1, 0.15) is 49.4 Å². The summed E-state index contributed by atoms with van der Waals surface area (Å²) in [6.45, 7) is 4.55. The van der Waals surface area contributed by atoms with Gasteiger partial charge in [0, 0.05) is 30.7 Å². The second-order valence-corrected chi connectivity index (χ2v) is 8.18. The number of imidazole rings is 1. The summed E-state index contributed by atoms with van der Waals surface area (Å²) in [6, 6.07) is 15.0. The number of pyridine rings is 1. The number of aryl methyl sites for hydroxylation is 1. The van der Waals surface area contributed by atoms with Gasteiger partial charge in [-0.2, -0.15) is 0 Å². The Hall–Kier alpha value is -4.79. The van der Waals surface area contributed by atoms with Crippen molar-refractivity contribution in [2.75, 3.05) is 11.5 Å². The molecule has 5 rings (SSSR count). The van der Waals surface area contributed by atoms with Crippen LogP contribution < -0.4 is 15.0 Å².